The van der Waals surface area contributed by atoms with E-state index in [1.165, 1.54) is 26.0 Å². The van der Waals surface area contributed by atoms with E-state index in [2.05, 4.69) is 5.32 Å². The summed E-state index contributed by atoms with van der Waals surface area (Å²) < 4.78 is 33.2. The van der Waals surface area contributed by atoms with Gasteiger partial charge in [0.2, 0.25) is 12.2 Å². The van der Waals surface area contributed by atoms with Crippen molar-refractivity contribution < 1.29 is 47.3 Å². The number of ether oxygens (including phenoxy) is 5. The van der Waals surface area contributed by atoms with E-state index in [9.17, 15) is 24.0 Å². The van der Waals surface area contributed by atoms with Crippen LogP contribution in [0.3, 0.4) is 0 Å². The smallest absolute Gasteiger partial charge is 0.396 e. The van der Waals surface area contributed by atoms with Crippen molar-refractivity contribution in [3.63, 3.8) is 0 Å². The summed E-state index contributed by atoms with van der Waals surface area (Å²) in [5.74, 6) is -2.28. The second-order valence-corrected chi connectivity index (χ2v) is 8.38. The van der Waals surface area contributed by atoms with Gasteiger partial charge in [-0.3, -0.25) is 19.2 Å². The molecule has 1 aliphatic heterocycles. The van der Waals surface area contributed by atoms with Gasteiger partial charge in [-0.05, 0) is 12.1 Å². The first kappa shape index (κ1) is 25.2. The highest BCUT2D eigenvalue weighted by Gasteiger charge is 2.52. The minimum Gasteiger partial charge on any atom is -0.463 e. The molecule has 2 heterocycles. The number of rotatable bonds is 7. The molecule has 1 amide bonds. The molecule has 1 N–H and O–H groups in total. The van der Waals surface area contributed by atoms with E-state index in [0.29, 0.717) is 10.3 Å². The number of carbonyl (C=O) groups excluding carboxylic acids is 4. The van der Waals surface area contributed by atoms with Crippen LogP contribution in [0.2, 0.25) is 0 Å². The molecule has 5 unspecified atom stereocenters. The fourth-order valence-corrected chi connectivity index (χ4v) is 4.15. The van der Waals surface area contributed by atoms with E-state index >= 15 is 0 Å². The maximum absolute atomic E-state index is 12.0. The predicted octanol–water partition coefficient (Wildman–Crippen LogP) is 0.889. The SMILES string of the molecule is CC(=O)NC1C(Oc2ccc3oc(=O)sc3c2)OC(COC(C)=O)C(OC(C)=O)C1OC(C)=O. The van der Waals surface area contributed by atoms with Crippen LogP contribution in [0.5, 0.6) is 5.75 Å². The zero-order valence-corrected chi connectivity index (χ0v) is 19.5. The highest BCUT2D eigenvalue weighted by molar-refractivity contribution is 7.16. The Labute approximate surface area is 197 Å². The molecule has 1 saturated heterocycles. The third kappa shape index (κ3) is 6.32. The molecule has 0 aliphatic carbocycles. The highest BCUT2D eigenvalue weighted by Crippen LogP contribution is 2.30. The fraction of sp³-hybridized carbons (Fsp3) is 0.476. The minimum absolute atomic E-state index is 0.253. The summed E-state index contributed by atoms with van der Waals surface area (Å²) in [7, 11) is 0. The van der Waals surface area contributed by atoms with Gasteiger partial charge in [-0.25, -0.2) is 4.79 Å². The molecule has 184 valence electrons. The van der Waals surface area contributed by atoms with Crippen molar-refractivity contribution in [3.05, 3.63) is 27.9 Å². The van der Waals surface area contributed by atoms with Crippen molar-refractivity contribution in [1.29, 1.82) is 0 Å². The quantitative estimate of drug-likeness (QED) is 0.428. The van der Waals surface area contributed by atoms with Crippen LogP contribution < -0.4 is 15.0 Å². The second kappa shape index (κ2) is 10.7. The van der Waals surface area contributed by atoms with E-state index in [0.717, 1.165) is 25.2 Å². The molecule has 5 atom stereocenters. The molecule has 0 saturated carbocycles. The summed E-state index contributed by atoms with van der Waals surface area (Å²) in [5, 5.41) is 2.61. The summed E-state index contributed by atoms with van der Waals surface area (Å²) in [4.78, 5) is 58.0. The number of benzene rings is 1. The Kier molecular flexibility index (Phi) is 7.89. The summed E-state index contributed by atoms with van der Waals surface area (Å²) >= 11 is 0.871. The van der Waals surface area contributed by atoms with Gasteiger partial charge in [0.05, 0.1) is 4.70 Å². The molecule has 1 aromatic heterocycles. The molecule has 0 bridgehead atoms. The molecule has 13 heteroatoms. The van der Waals surface area contributed by atoms with Crippen molar-refractivity contribution in [2.75, 3.05) is 6.61 Å². The van der Waals surface area contributed by atoms with E-state index in [1.54, 1.807) is 6.07 Å². The van der Waals surface area contributed by atoms with Crippen LogP contribution in [0, 0.1) is 0 Å². The summed E-state index contributed by atoms with van der Waals surface area (Å²) in [5.41, 5.74) is 0.366. The molecule has 0 spiro atoms. The minimum atomic E-state index is -1.26. The monoisotopic (exact) mass is 497 g/mol. The van der Waals surface area contributed by atoms with Gasteiger partial charge in [0.1, 0.15) is 30.1 Å². The van der Waals surface area contributed by atoms with Gasteiger partial charge in [-0.2, -0.15) is 0 Å². The lowest BCUT2D eigenvalue weighted by atomic mass is 9.96. The van der Waals surface area contributed by atoms with Gasteiger partial charge in [-0.15, -0.1) is 0 Å². The molecule has 1 aliphatic rings. The Morgan fingerprint density at radius 1 is 1.00 bits per heavy atom. The maximum atomic E-state index is 12.0. The van der Waals surface area contributed by atoms with Gasteiger partial charge in [0, 0.05) is 33.8 Å². The van der Waals surface area contributed by atoms with Crippen molar-refractivity contribution in [3.8, 4) is 5.75 Å². The Morgan fingerprint density at radius 2 is 1.68 bits per heavy atom. The number of esters is 3. The van der Waals surface area contributed by atoms with Crippen LogP contribution in [0.25, 0.3) is 10.3 Å². The molecular formula is C21H23NO11S. The number of amides is 1. The third-order valence-corrected chi connectivity index (χ3v) is 5.41. The zero-order chi connectivity index (χ0) is 25.0. The van der Waals surface area contributed by atoms with Gasteiger partial charge in [-0.1, -0.05) is 11.3 Å². The van der Waals surface area contributed by atoms with Crippen LogP contribution in [0.15, 0.2) is 27.4 Å². The Hall–Kier alpha value is -3.45. The van der Waals surface area contributed by atoms with Gasteiger partial charge in [0.25, 0.3) is 0 Å². The molecule has 12 nitrogen and oxygen atoms in total. The van der Waals surface area contributed by atoms with Crippen LogP contribution in [-0.4, -0.2) is 61.1 Å². The lowest BCUT2D eigenvalue weighted by Crippen LogP contribution is -2.67. The molecule has 3 rings (SSSR count). The molecule has 1 fully saturated rings. The topological polar surface area (TPSA) is 157 Å². The molecule has 34 heavy (non-hydrogen) atoms. The summed E-state index contributed by atoms with van der Waals surface area (Å²) in [6.45, 7) is 4.38. The molecule has 1 aromatic carbocycles. The van der Waals surface area contributed by atoms with E-state index in [1.807, 2.05) is 0 Å². The number of hydrogen-bond donors (Lipinski definition) is 1. The maximum Gasteiger partial charge on any atom is 0.396 e. The van der Waals surface area contributed by atoms with Gasteiger partial charge < -0.3 is 33.4 Å². The van der Waals surface area contributed by atoms with Gasteiger partial charge in [0.15, 0.2) is 12.2 Å². The first-order chi connectivity index (χ1) is 16.0. The average molecular weight is 497 g/mol. The second-order valence-electron chi connectivity index (χ2n) is 7.40. The van der Waals surface area contributed by atoms with Gasteiger partial charge >= 0.3 is 22.8 Å². The van der Waals surface area contributed by atoms with Crippen molar-refractivity contribution in [2.45, 2.75) is 58.3 Å². The third-order valence-electron chi connectivity index (χ3n) is 4.63. The largest absolute Gasteiger partial charge is 0.463 e. The molecule has 0 radical (unpaired) electrons. The van der Waals surface area contributed by atoms with Crippen LogP contribution >= 0.6 is 11.3 Å². The van der Waals surface area contributed by atoms with Crippen molar-refractivity contribution >= 4 is 45.4 Å². The van der Waals surface area contributed by atoms with E-state index < -0.39 is 59.4 Å². The molecule has 2 aromatic rings. The summed E-state index contributed by atoms with van der Waals surface area (Å²) in [6.07, 6.45) is -4.82. The Balaban J connectivity index is 1.99. The molecular weight excluding hydrogens is 474 g/mol. The number of hydrogen-bond acceptors (Lipinski definition) is 12. The van der Waals surface area contributed by atoms with E-state index in [4.69, 9.17) is 28.1 Å². The zero-order valence-electron chi connectivity index (χ0n) is 18.7. The van der Waals surface area contributed by atoms with Crippen LogP contribution in [0.4, 0.5) is 0 Å². The number of fused-ring (bicyclic) bond motifs is 1. The highest BCUT2D eigenvalue weighted by atomic mass is 32.1. The average Bonchev–Trinajstić information content (AvgIpc) is 3.09. The first-order valence-electron chi connectivity index (χ1n) is 10.1. The fourth-order valence-electron chi connectivity index (χ4n) is 3.45. The van der Waals surface area contributed by atoms with Crippen LogP contribution in [-0.2, 0) is 38.1 Å². The van der Waals surface area contributed by atoms with Crippen LogP contribution in [0.1, 0.15) is 27.7 Å². The first-order valence-corrected chi connectivity index (χ1v) is 11.0. The summed E-state index contributed by atoms with van der Waals surface area (Å²) in [6, 6.07) is 3.48. The number of nitrogens with one attached hydrogen (secondary N) is 1. The van der Waals surface area contributed by atoms with Crippen molar-refractivity contribution in [1.82, 2.24) is 5.32 Å². The normalized spacial score (nSPS) is 24.2. The van der Waals surface area contributed by atoms with Crippen molar-refractivity contribution in [2.24, 2.45) is 0 Å². The predicted molar refractivity (Wildman–Crippen MR) is 115 cm³/mol. The van der Waals surface area contributed by atoms with E-state index in [-0.39, 0.29) is 12.4 Å². The Bertz CT molecular complexity index is 1140. The standard InChI is InChI=1S/C21H23NO11S/c1-9(23)22-17-19(30-12(4)26)18(29-11(3)25)15(8-28-10(2)24)32-20(17)31-13-5-6-14-16(7-13)34-21(27)33-14/h5-7,15,17-20H,8H2,1-4H3,(H,22,23). The lowest BCUT2D eigenvalue weighted by Gasteiger charge is -2.44. The lowest BCUT2D eigenvalue weighted by molar-refractivity contribution is -0.257. The Morgan fingerprint density at radius 3 is 2.29 bits per heavy atom. The number of carbonyl (C=O) groups is 4.